The predicted molar refractivity (Wildman–Crippen MR) is 86.8 cm³/mol. The molecular weight excluding hydrogens is 300 g/mol. The highest BCUT2D eigenvalue weighted by Gasteiger charge is 2.18. The maximum Gasteiger partial charge on any atom is 0.0420 e. The van der Waals surface area contributed by atoms with Crippen LogP contribution in [-0.2, 0) is 6.54 Å². The topological polar surface area (TPSA) is 15.3 Å². The lowest BCUT2D eigenvalue weighted by atomic mass is 10.1. The molecule has 19 heavy (non-hydrogen) atoms. The summed E-state index contributed by atoms with van der Waals surface area (Å²) >= 11 is 3.60. The van der Waals surface area contributed by atoms with E-state index in [1.54, 1.807) is 0 Å². The fourth-order valence-corrected chi connectivity index (χ4v) is 3.33. The smallest absolute Gasteiger partial charge is 0.0420 e. The quantitative estimate of drug-likeness (QED) is 0.844. The summed E-state index contributed by atoms with van der Waals surface area (Å²) in [6.07, 6.45) is 5.64. The van der Waals surface area contributed by atoms with Gasteiger partial charge < -0.3 is 10.2 Å². The summed E-state index contributed by atoms with van der Waals surface area (Å²) in [5, 5.41) is 3.43. The number of benzene rings is 1. The standard InChI is InChI=1S/C16H25BrN2/c1-3-18-11-14-8-9-15(17)10-16(14)19(2)12-13-6-4-5-7-13/h8-10,13,18H,3-7,11-12H2,1-2H3. The molecule has 2 rings (SSSR count). The minimum Gasteiger partial charge on any atom is -0.374 e. The molecule has 0 radical (unpaired) electrons. The molecule has 0 heterocycles. The number of hydrogen-bond donors (Lipinski definition) is 1. The van der Waals surface area contributed by atoms with E-state index in [1.807, 2.05) is 0 Å². The molecule has 1 aliphatic carbocycles. The molecule has 0 spiro atoms. The lowest BCUT2D eigenvalue weighted by Gasteiger charge is -2.26. The Morgan fingerprint density at radius 2 is 2.05 bits per heavy atom. The van der Waals surface area contributed by atoms with Gasteiger partial charge in [-0.3, -0.25) is 0 Å². The van der Waals surface area contributed by atoms with Crippen molar-refractivity contribution >= 4 is 21.6 Å². The van der Waals surface area contributed by atoms with Crippen LogP contribution in [0.15, 0.2) is 22.7 Å². The zero-order valence-electron chi connectivity index (χ0n) is 12.1. The monoisotopic (exact) mass is 324 g/mol. The summed E-state index contributed by atoms with van der Waals surface area (Å²) in [6, 6.07) is 6.62. The predicted octanol–water partition coefficient (Wildman–Crippen LogP) is 4.19. The van der Waals surface area contributed by atoms with Gasteiger partial charge in [-0.05, 0) is 43.0 Å². The minimum absolute atomic E-state index is 0.885. The first-order valence-electron chi connectivity index (χ1n) is 7.41. The average Bonchev–Trinajstić information content (AvgIpc) is 2.90. The first-order valence-corrected chi connectivity index (χ1v) is 8.20. The Hall–Kier alpha value is -0.540. The van der Waals surface area contributed by atoms with Crippen molar-refractivity contribution in [3.8, 4) is 0 Å². The summed E-state index contributed by atoms with van der Waals surface area (Å²) in [7, 11) is 2.23. The van der Waals surface area contributed by atoms with Gasteiger partial charge in [-0.25, -0.2) is 0 Å². The number of anilines is 1. The third-order valence-electron chi connectivity index (χ3n) is 4.03. The van der Waals surface area contributed by atoms with E-state index in [-0.39, 0.29) is 0 Å². The van der Waals surface area contributed by atoms with E-state index >= 15 is 0 Å². The summed E-state index contributed by atoms with van der Waals surface area (Å²) in [6.45, 7) is 5.31. The Kier molecular flexibility index (Phi) is 5.71. The van der Waals surface area contributed by atoms with Crippen molar-refractivity contribution in [3.05, 3.63) is 28.2 Å². The zero-order chi connectivity index (χ0) is 13.7. The van der Waals surface area contributed by atoms with Crippen LogP contribution in [0.4, 0.5) is 5.69 Å². The minimum atomic E-state index is 0.885. The summed E-state index contributed by atoms with van der Waals surface area (Å²) in [5.41, 5.74) is 2.76. The maximum atomic E-state index is 3.60. The van der Waals surface area contributed by atoms with Gasteiger partial charge in [-0.15, -0.1) is 0 Å². The van der Waals surface area contributed by atoms with Crippen LogP contribution in [0.1, 0.15) is 38.2 Å². The molecule has 1 aromatic carbocycles. The number of nitrogens with one attached hydrogen (secondary N) is 1. The van der Waals surface area contributed by atoms with E-state index in [9.17, 15) is 0 Å². The first kappa shape index (κ1) is 14.9. The Balaban J connectivity index is 2.08. The Bertz CT molecular complexity index is 400. The van der Waals surface area contributed by atoms with Crippen molar-refractivity contribution in [1.29, 1.82) is 0 Å². The van der Waals surface area contributed by atoms with Crippen molar-refractivity contribution in [3.63, 3.8) is 0 Å². The lowest BCUT2D eigenvalue weighted by Crippen LogP contribution is -2.26. The molecule has 0 bridgehead atoms. The third kappa shape index (κ3) is 4.22. The number of nitrogens with zero attached hydrogens (tertiary/aromatic N) is 1. The van der Waals surface area contributed by atoms with Gasteiger partial charge in [0, 0.05) is 30.3 Å². The Morgan fingerprint density at radius 1 is 1.32 bits per heavy atom. The Labute approximate surface area is 125 Å². The normalized spacial score (nSPS) is 15.9. The van der Waals surface area contributed by atoms with Crippen molar-refractivity contribution in [2.45, 2.75) is 39.2 Å². The van der Waals surface area contributed by atoms with E-state index in [0.717, 1.165) is 19.0 Å². The molecule has 1 aliphatic rings. The molecule has 106 valence electrons. The first-order chi connectivity index (χ1) is 9.20. The van der Waals surface area contributed by atoms with Crippen LogP contribution in [0.2, 0.25) is 0 Å². The van der Waals surface area contributed by atoms with Gasteiger partial charge in [0.05, 0.1) is 0 Å². The molecule has 1 saturated carbocycles. The second-order valence-corrected chi connectivity index (χ2v) is 6.50. The van der Waals surface area contributed by atoms with Crippen molar-refractivity contribution in [2.75, 3.05) is 25.0 Å². The highest BCUT2D eigenvalue weighted by molar-refractivity contribution is 9.10. The molecule has 2 nitrogen and oxygen atoms in total. The van der Waals surface area contributed by atoms with E-state index in [0.29, 0.717) is 0 Å². The molecule has 3 heteroatoms. The van der Waals surface area contributed by atoms with Gasteiger partial charge in [-0.1, -0.05) is 41.8 Å². The van der Waals surface area contributed by atoms with Gasteiger partial charge in [0.2, 0.25) is 0 Å². The van der Waals surface area contributed by atoms with Crippen LogP contribution >= 0.6 is 15.9 Å². The summed E-state index contributed by atoms with van der Waals surface area (Å²) in [4.78, 5) is 2.44. The molecule has 1 fully saturated rings. The van der Waals surface area contributed by atoms with Gasteiger partial charge in [0.15, 0.2) is 0 Å². The second-order valence-electron chi connectivity index (χ2n) is 5.58. The van der Waals surface area contributed by atoms with Crippen molar-refractivity contribution < 1.29 is 0 Å². The van der Waals surface area contributed by atoms with Crippen LogP contribution in [-0.4, -0.2) is 20.1 Å². The average molecular weight is 325 g/mol. The van der Waals surface area contributed by atoms with Crippen molar-refractivity contribution in [1.82, 2.24) is 5.32 Å². The van der Waals surface area contributed by atoms with Crippen molar-refractivity contribution in [2.24, 2.45) is 5.92 Å². The molecule has 0 saturated heterocycles. The summed E-state index contributed by atoms with van der Waals surface area (Å²) < 4.78 is 1.17. The molecule has 0 aliphatic heterocycles. The zero-order valence-corrected chi connectivity index (χ0v) is 13.7. The number of hydrogen-bond acceptors (Lipinski definition) is 2. The number of halogens is 1. The largest absolute Gasteiger partial charge is 0.374 e. The van der Waals surface area contributed by atoms with Crippen LogP contribution in [0.3, 0.4) is 0 Å². The van der Waals surface area contributed by atoms with E-state index in [1.165, 1.54) is 48.0 Å². The highest BCUT2D eigenvalue weighted by atomic mass is 79.9. The van der Waals surface area contributed by atoms with E-state index in [2.05, 4.69) is 58.3 Å². The third-order valence-corrected chi connectivity index (χ3v) is 4.52. The molecule has 0 unspecified atom stereocenters. The Morgan fingerprint density at radius 3 is 2.74 bits per heavy atom. The molecule has 1 aromatic rings. The number of rotatable bonds is 6. The molecule has 0 aromatic heterocycles. The van der Waals surface area contributed by atoms with Gasteiger partial charge in [-0.2, -0.15) is 0 Å². The fraction of sp³-hybridized carbons (Fsp3) is 0.625. The van der Waals surface area contributed by atoms with Crippen LogP contribution in [0, 0.1) is 5.92 Å². The van der Waals surface area contributed by atoms with Gasteiger partial charge in [0.1, 0.15) is 0 Å². The maximum absolute atomic E-state index is 3.60. The van der Waals surface area contributed by atoms with Crippen LogP contribution < -0.4 is 10.2 Å². The lowest BCUT2D eigenvalue weighted by molar-refractivity contribution is 0.546. The van der Waals surface area contributed by atoms with Crippen LogP contribution in [0.25, 0.3) is 0 Å². The van der Waals surface area contributed by atoms with Gasteiger partial charge >= 0.3 is 0 Å². The highest BCUT2D eigenvalue weighted by Crippen LogP contribution is 2.29. The van der Waals surface area contributed by atoms with E-state index in [4.69, 9.17) is 0 Å². The van der Waals surface area contributed by atoms with Gasteiger partial charge in [0.25, 0.3) is 0 Å². The van der Waals surface area contributed by atoms with Crippen LogP contribution in [0.5, 0.6) is 0 Å². The summed E-state index contributed by atoms with van der Waals surface area (Å²) in [5.74, 6) is 0.885. The molecular formula is C16H25BrN2. The fourth-order valence-electron chi connectivity index (χ4n) is 2.98. The van der Waals surface area contributed by atoms with E-state index < -0.39 is 0 Å². The molecule has 1 N–H and O–H groups in total. The second kappa shape index (κ2) is 7.30. The molecule has 0 amide bonds. The SMILES string of the molecule is CCNCc1ccc(Br)cc1N(C)CC1CCCC1. The molecule has 0 atom stereocenters.